The van der Waals surface area contributed by atoms with E-state index in [1.807, 2.05) is 72.5 Å². The Balaban J connectivity index is 1.40. The lowest BCUT2D eigenvalue weighted by atomic mass is 9.88. The third-order valence-corrected chi connectivity index (χ3v) is 8.18. The summed E-state index contributed by atoms with van der Waals surface area (Å²) in [6, 6.07) is 22.4. The highest BCUT2D eigenvalue weighted by Crippen LogP contribution is 2.43. The van der Waals surface area contributed by atoms with E-state index in [0.717, 1.165) is 35.3 Å². The van der Waals surface area contributed by atoms with Crippen LogP contribution in [0, 0.1) is 0 Å². The van der Waals surface area contributed by atoms with Crippen molar-refractivity contribution in [1.82, 2.24) is 4.90 Å². The summed E-state index contributed by atoms with van der Waals surface area (Å²) in [4.78, 5) is 43.0. The summed E-state index contributed by atoms with van der Waals surface area (Å²) in [5.41, 5.74) is 4.22. The summed E-state index contributed by atoms with van der Waals surface area (Å²) in [6.07, 6.45) is 1.27. The molecule has 2 aliphatic rings. The van der Waals surface area contributed by atoms with Gasteiger partial charge in [0.1, 0.15) is 0 Å². The number of amides is 3. The van der Waals surface area contributed by atoms with Gasteiger partial charge < -0.3 is 19.8 Å². The third kappa shape index (κ3) is 5.36. The number of nitrogens with zero attached hydrogens (tertiary/aromatic N) is 3. The first-order chi connectivity index (χ1) is 18.7. The predicted octanol–water partition coefficient (Wildman–Crippen LogP) is 6.73. The zero-order chi connectivity index (χ0) is 27.7. The second-order valence-corrected chi connectivity index (χ2v) is 10.8. The average molecular weight is 546 g/mol. The first-order valence-electron chi connectivity index (χ1n) is 13.3. The minimum Gasteiger partial charge on any atom is -0.465 e. The molecule has 2 unspecified atom stereocenters. The molecule has 1 N–H and O–H groups in total. The molecule has 3 amide bonds. The number of anilines is 2. The number of hydrogen-bond donors (Lipinski definition) is 1. The maximum absolute atomic E-state index is 13.9. The van der Waals surface area contributed by atoms with Crippen LogP contribution in [0.3, 0.4) is 0 Å². The Morgan fingerprint density at radius 1 is 0.923 bits per heavy atom. The molecular formula is C31H32ClN3O4. The van der Waals surface area contributed by atoms with Crippen molar-refractivity contribution in [2.45, 2.75) is 51.1 Å². The number of rotatable bonds is 4. The quantitative estimate of drug-likeness (QED) is 0.394. The predicted molar refractivity (Wildman–Crippen MR) is 153 cm³/mol. The van der Waals surface area contributed by atoms with Crippen LogP contribution in [-0.2, 0) is 4.79 Å². The van der Waals surface area contributed by atoms with Crippen LogP contribution in [0.4, 0.5) is 16.2 Å². The molecule has 8 heteroatoms. The summed E-state index contributed by atoms with van der Waals surface area (Å²) in [6.45, 7) is 4.63. The van der Waals surface area contributed by atoms with Gasteiger partial charge in [-0.05, 0) is 85.7 Å². The molecule has 39 heavy (non-hydrogen) atoms. The monoisotopic (exact) mass is 545 g/mol. The van der Waals surface area contributed by atoms with Gasteiger partial charge in [-0.2, -0.15) is 0 Å². The molecule has 1 fully saturated rings. The van der Waals surface area contributed by atoms with Gasteiger partial charge in [-0.1, -0.05) is 41.9 Å². The molecule has 2 heterocycles. The smallest absolute Gasteiger partial charge is 0.407 e. The molecule has 2 aliphatic heterocycles. The van der Waals surface area contributed by atoms with Gasteiger partial charge in [-0.3, -0.25) is 9.59 Å². The zero-order valence-electron chi connectivity index (χ0n) is 22.1. The second kappa shape index (κ2) is 11.1. The van der Waals surface area contributed by atoms with Crippen molar-refractivity contribution >= 4 is 40.9 Å². The van der Waals surface area contributed by atoms with Gasteiger partial charge in [0.2, 0.25) is 5.91 Å². The second-order valence-electron chi connectivity index (χ2n) is 10.4. The van der Waals surface area contributed by atoms with Crippen molar-refractivity contribution in [1.29, 1.82) is 0 Å². The molecule has 0 spiro atoms. The van der Waals surface area contributed by atoms with Crippen LogP contribution in [0.15, 0.2) is 72.8 Å². The van der Waals surface area contributed by atoms with Crippen molar-refractivity contribution < 1.29 is 19.5 Å². The molecule has 3 aromatic rings. The summed E-state index contributed by atoms with van der Waals surface area (Å²) < 4.78 is 0. The van der Waals surface area contributed by atoms with Crippen LogP contribution in [0.5, 0.6) is 0 Å². The van der Waals surface area contributed by atoms with Crippen LogP contribution in [0.2, 0.25) is 5.02 Å². The van der Waals surface area contributed by atoms with Crippen LogP contribution >= 0.6 is 11.6 Å². The molecule has 1 saturated heterocycles. The van der Waals surface area contributed by atoms with Crippen molar-refractivity contribution in [2.75, 3.05) is 22.9 Å². The van der Waals surface area contributed by atoms with Crippen LogP contribution in [0.25, 0.3) is 0 Å². The number of benzene rings is 3. The largest absolute Gasteiger partial charge is 0.465 e. The maximum atomic E-state index is 13.9. The maximum Gasteiger partial charge on any atom is 0.407 e. The van der Waals surface area contributed by atoms with Gasteiger partial charge >= 0.3 is 6.09 Å². The lowest BCUT2D eigenvalue weighted by Gasteiger charge is -2.43. The third-order valence-electron chi connectivity index (χ3n) is 7.93. The van der Waals surface area contributed by atoms with E-state index in [4.69, 9.17) is 11.6 Å². The lowest BCUT2D eigenvalue weighted by Crippen LogP contribution is -2.47. The lowest BCUT2D eigenvalue weighted by molar-refractivity contribution is -0.117. The number of carboxylic acid groups (broad SMARTS) is 1. The Kier molecular flexibility index (Phi) is 7.62. The Hall–Kier alpha value is -3.84. The van der Waals surface area contributed by atoms with Crippen molar-refractivity contribution in [3.05, 3.63) is 94.5 Å². The number of halogens is 1. The Labute approximate surface area is 233 Å². The van der Waals surface area contributed by atoms with Crippen LogP contribution in [0.1, 0.15) is 66.6 Å². The number of piperidine rings is 1. The zero-order valence-corrected chi connectivity index (χ0v) is 22.8. The van der Waals surface area contributed by atoms with Gasteiger partial charge in [0.15, 0.2) is 0 Å². The molecule has 0 aliphatic carbocycles. The number of hydrogen-bond acceptors (Lipinski definition) is 3. The van der Waals surface area contributed by atoms with E-state index >= 15 is 0 Å². The highest BCUT2D eigenvalue weighted by Gasteiger charge is 2.38. The number of fused-ring (bicyclic) bond motifs is 1. The van der Waals surface area contributed by atoms with Gasteiger partial charge in [0, 0.05) is 48.0 Å². The van der Waals surface area contributed by atoms with Gasteiger partial charge in [-0.25, -0.2) is 4.79 Å². The number of likely N-dealkylation sites (tertiary alicyclic amines) is 1. The van der Waals surface area contributed by atoms with Crippen molar-refractivity contribution in [2.24, 2.45) is 0 Å². The van der Waals surface area contributed by atoms with E-state index < -0.39 is 6.09 Å². The topological polar surface area (TPSA) is 81.2 Å². The van der Waals surface area contributed by atoms with Crippen LogP contribution in [-0.4, -0.2) is 47.0 Å². The summed E-state index contributed by atoms with van der Waals surface area (Å²) in [7, 11) is 0. The Bertz CT molecular complexity index is 1370. The fraction of sp³-hybridized carbons (Fsp3) is 0.323. The molecule has 5 rings (SSSR count). The molecular weight excluding hydrogens is 514 g/mol. The van der Waals surface area contributed by atoms with Crippen LogP contribution < -0.4 is 9.80 Å². The summed E-state index contributed by atoms with van der Waals surface area (Å²) in [5.74, 6) is 0.126. The summed E-state index contributed by atoms with van der Waals surface area (Å²) in [5, 5.41) is 9.81. The Morgan fingerprint density at radius 2 is 1.56 bits per heavy atom. The van der Waals surface area contributed by atoms with E-state index in [1.165, 1.54) is 4.90 Å². The number of carbonyl (C=O) groups excluding carboxylic acids is 2. The first kappa shape index (κ1) is 26.8. The SMILES string of the molecule is CC(=O)N(c1ccc(Cl)cc1)C1CC(C)N(C(=O)c2ccc(C3CCN(C(=O)O)CC3)cc2)c2ccccc21. The van der Waals surface area contributed by atoms with Gasteiger partial charge in [0.25, 0.3) is 5.91 Å². The highest BCUT2D eigenvalue weighted by atomic mass is 35.5. The summed E-state index contributed by atoms with van der Waals surface area (Å²) >= 11 is 6.10. The van der Waals surface area contributed by atoms with E-state index in [0.29, 0.717) is 30.1 Å². The minimum atomic E-state index is -0.868. The van der Waals surface area contributed by atoms with Gasteiger partial charge in [-0.15, -0.1) is 0 Å². The van der Waals surface area contributed by atoms with Crippen molar-refractivity contribution in [3.8, 4) is 0 Å². The molecule has 0 bridgehead atoms. The number of carbonyl (C=O) groups is 3. The minimum absolute atomic E-state index is 0.0751. The fourth-order valence-corrected chi connectivity index (χ4v) is 6.09. The first-order valence-corrected chi connectivity index (χ1v) is 13.7. The molecule has 7 nitrogen and oxygen atoms in total. The molecule has 3 aromatic carbocycles. The van der Waals surface area contributed by atoms with Gasteiger partial charge in [0.05, 0.1) is 6.04 Å². The average Bonchev–Trinajstić information content (AvgIpc) is 2.94. The van der Waals surface area contributed by atoms with E-state index in [2.05, 4.69) is 0 Å². The van der Waals surface area contributed by atoms with Crippen molar-refractivity contribution in [3.63, 3.8) is 0 Å². The standard InChI is InChI=1S/C31H32ClN3O4/c1-20-19-29(35(21(2)36)26-13-11-25(32)12-14-26)27-5-3-4-6-28(27)34(20)30(37)24-9-7-22(8-10-24)23-15-17-33(18-16-23)31(38)39/h3-14,20,23,29H,15-19H2,1-2H3,(H,38,39). The van der Waals surface area contributed by atoms with E-state index in [9.17, 15) is 19.5 Å². The normalized spacial score (nSPS) is 19.4. The van der Waals surface area contributed by atoms with E-state index in [1.54, 1.807) is 24.0 Å². The Morgan fingerprint density at radius 3 is 2.18 bits per heavy atom. The molecule has 0 saturated carbocycles. The molecule has 0 radical (unpaired) electrons. The van der Waals surface area contributed by atoms with E-state index in [-0.39, 0.29) is 29.8 Å². The number of para-hydroxylation sites is 1. The molecule has 2 atom stereocenters. The highest BCUT2D eigenvalue weighted by molar-refractivity contribution is 6.30. The molecule has 0 aromatic heterocycles. The molecule has 202 valence electrons. The fourth-order valence-electron chi connectivity index (χ4n) is 5.96.